The van der Waals surface area contributed by atoms with Crippen molar-refractivity contribution in [3.63, 3.8) is 0 Å². The summed E-state index contributed by atoms with van der Waals surface area (Å²) in [4.78, 5) is 5.39. The number of ether oxygens (including phenoxy) is 1. The Morgan fingerprint density at radius 2 is 2.12 bits per heavy atom. The lowest BCUT2D eigenvalue weighted by Crippen LogP contribution is -1.92. The van der Waals surface area contributed by atoms with Crippen molar-refractivity contribution in [3.8, 4) is 5.75 Å². The third-order valence-electron chi connectivity index (χ3n) is 2.27. The van der Waals surface area contributed by atoms with Crippen LogP contribution in [0, 0.1) is 6.92 Å². The smallest absolute Gasteiger partial charge is 0.124 e. The summed E-state index contributed by atoms with van der Waals surface area (Å²) in [5.74, 6) is 0.834. The number of benzene rings is 1. The molecule has 0 bridgehead atoms. The summed E-state index contributed by atoms with van der Waals surface area (Å²) >= 11 is 1.54. The van der Waals surface area contributed by atoms with Crippen LogP contribution in [0.5, 0.6) is 5.75 Å². The highest BCUT2D eigenvalue weighted by atomic mass is 32.2. The molecule has 2 aromatic rings. The number of hydrogen-bond acceptors (Lipinski definition) is 4. The number of hydrogen-bond donors (Lipinski definition) is 1. The van der Waals surface area contributed by atoms with Gasteiger partial charge in [-0.05, 0) is 36.8 Å². The van der Waals surface area contributed by atoms with E-state index >= 15 is 0 Å². The largest absolute Gasteiger partial charge is 0.497 e. The van der Waals surface area contributed by atoms with Crippen LogP contribution in [0.3, 0.4) is 0 Å². The third-order valence-corrected chi connectivity index (χ3v) is 3.30. The van der Waals surface area contributed by atoms with Gasteiger partial charge < -0.3 is 10.5 Å². The molecule has 0 amide bonds. The van der Waals surface area contributed by atoms with Crippen LogP contribution in [-0.2, 0) is 0 Å². The van der Waals surface area contributed by atoms with Gasteiger partial charge in [-0.1, -0.05) is 17.8 Å². The van der Waals surface area contributed by atoms with Crippen molar-refractivity contribution in [1.82, 2.24) is 4.98 Å². The lowest BCUT2D eigenvalue weighted by molar-refractivity contribution is 0.413. The molecule has 0 saturated heterocycles. The number of rotatable bonds is 3. The van der Waals surface area contributed by atoms with Gasteiger partial charge in [0, 0.05) is 11.1 Å². The predicted octanol–water partition coefficient (Wildman–Crippen LogP) is 3.13. The highest BCUT2D eigenvalue weighted by Gasteiger charge is 2.04. The highest BCUT2D eigenvalue weighted by Crippen LogP contribution is 2.32. The minimum atomic E-state index is 0.706. The first-order valence-electron chi connectivity index (χ1n) is 5.23. The van der Waals surface area contributed by atoms with Crippen molar-refractivity contribution in [1.29, 1.82) is 0 Å². The summed E-state index contributed by atoms with van der Waals surface area (Å²) < 4.78 is 5.18. The topological polar surface area (TPSA) is 48.1 Å². The fourth-order valence-corrected chi connectivity index (χ4v) is 2.27. The van der Waals surface area contributed by atoms with Gasteiger partial charge >= 0.3 is 0 Å². The van der Waals surface area contributed by atoms with Crippen LogP contribution < -0.4 is 10.5 Å². The quantitative estimate of drug-likeness (QED) is 0.904. The van der Waals surface area contributed by atoms with Crippen LogP contribution in [0.15, 0.2) is 46.5 Å². The Balaban J connectivity index is 2.25. The molecule has 0 fully saturated rings. The standard InChI is InChI=1S/C13H14N2OS/c1-9-6-12(14)13(15-8-9)17-11-5-3-4-10(7-11)16-2/h3-8H,14H2,1-2H3. The molecule has 0 unspecified atom stereocenters. The van der Waals surface area contributed by atoms with E-state index in [2.05, 4.69) is 4.98 Å². The minimum Gasteiger partial charge on any atom is -0.497 e. The summed E-state index contributed by atoms with van der Waals surface area (Å²) in [6, 6.07) is 9.76. The number of nitrogens with two attached hydrogens (primary N) is 1. The van der Waals surface area contributed by atoms with Gasteiger partial charge in [0.15, 0.2) is 0 Å². The maximum atomic E-state index is 5.93. The second kappa shape index (κ2) is 5.10. The van der Waals surface area contributed by atoms with Crippen LogP contribution in [-0.4, -0.2) is 12.1 Å². The number of anilines is 1. The molecule has 0 aliphatic carbocycles. The third kappa shape index (κ3) is 2.91. The van der Waals surface area contributed by atoms with Crippen molar-refractivity contribution in [2.24, 2.45) is 0 Å². The molecule has 1 aromatic carbocycles. The Kier molecular flexibility index (Phi) is 3.54. The van der Waals surface area contributed by atoms with Crippen molar-refractivity contribution >= 4 is 17.4 Å². The van der Waals surface area contributed by atoms with Gasteiger partial charge in [0.1, 0.15) is 10.8 Å². The van der Waals surface area contributed by atoms with Gasteiger partial charge in [-0.3, -0.25) is 0 Å². The molecular formula is C13H14N2OS. The van der Waals surface area contributed by atoms with E-state index in [4.69, 9.17) is 10.5 Å². The molecule has 0 spiro atoms. The molecule has 0 aliphatic rings. The number of aromatic nitrogens is 1. The summed E-state index contributed by atoms with van der Waals surface area (Å²) in [7, 11) is 1.66. The van der Waals surface area contributed by atoms with Crippen LogP contribution in [0.2, 0.25) is 0 Å². The van der Waals surface area contributed by atoms with Crippen LogP contribution in [0.4, 0.5) is 5.69 Å². The molecule has 0 aliphatic heterocycles. The number of nitrogen functional groups attached to an aromatic ring is 1. The molecular weight excluding hydrogens is 232 g/mol. The monoisotopic (exact) mass is 246 g/mol. The van der Waals surface area contributed by atoms with Gasteiger partial charge in [0.05, 0.1) is 12.8 Å². The molecule has 0 radical (unpaired) electrons. The maximum Gasteiger partial charge on any atom is 0.124 e. The summed E-state index contributed by atoms with van der Waals surface area (Å²) in [5.41, 5.74) is 7.70. The Labute approximate surface area is 105 Å². The average Bonchev–Trinajstić information content (AvgIpc) is 2.33. The first kappa shape index (κ1) is 11.8. The van der Waals surface area contributed by atoms with Gasteiger partial charge in [-0.25, -0.2) is 4.98 Å². The maximum absolute atomic E-state index is 5.93. The number of methoxy groups -OCH3 is 1. The van der Waals surface area contributed by atoms with Crippen molar-refractivity contribution < 1.29 is 4.74 Å². The SMILES string of the molecule is COc1cccc(Sc2ncc(C)cc2N)c1. The van der Waals surface area contributed by atoms with Crippen molar-refractivity contribution in [2.45, 2.75) is 16.8 Å². The van der Waals surface area contributed by atoms with Crippen molar-refractivity contribution in [2.75, 3.05) is 12.8 Å². The molecule has 88 valence electrons. The fourth-order valence-electron chi connectivity index (χ4n) is 1.44. The zero-order valence-electron chi connectivity index (χ0n) is 9.81. The number of aryl methyl sites for hydroxylation is 1. The van der Waals surface area contributed by atoms with E-state index < -0.39 is 0 Å². The first-order valence-corrected chi connectivity index (χ1v) is 6.04. The van der Waals surface area contributed by atoms with Crippen LogP contribution in [0.25, 0.3) is 0 Å². The van der Waals surface area contributed by atoms with Gasteiger partial charge in [-0.2, -0.15) is 0 Å². The highest BCUT2D eigenvalue weighted by molar-refractivity contribution is 7.99. The zero-order chi connectivity index (χ0) is 12.3. The molecule has 2 rings (SSSR count). The van der Waals surface area contributed by atoms with E-state index in [1.165, 1.54) is 11.8 Å². The lowest BCUT2D eigenvalue weighted by atomic mass is 10.3. The van der Waals surface area contributed by atoms with Gasteiger partial charge in [0.2, 0.25) is 0 Å². The van der Waals surface area contributed by atoms with E-state index in [-0.39, 0.29) is 0 Å². The second-order valence-electron chi connectivity index (χ2n) is 3.69. The molecule has 2 N–H and O–H groups in total. The number of pyridine rings is 1. The summed E-state index contributed by atoms with van der Waals surface area (Å²) in [5, 5.41) is 0.823. The van der Waals surface area contributed by atoms with Crippen LogP contribution in [0.1, 0.15) is 5.56 Å². The Bertz CT molecular complexity index is 529. The Hall–Kier alpha value is -1.68. The molecule has 1 aromatic heterocycles. The minimum absolute atomic E-state index is 0.706. The van der Waals surface area contributed by atoms with Crippen LogP contribution >= 0.6 is 11.8 Å². The molecule has 3 nitrogen and oxygen atoms in total. The number of nitrogens with zero attached hydrogens (tertiary/aromatic N) is 1. The molecule has 0 saturated carbocycles. The Morgan fingerprint density at radius 1 is 1.29 bits per heavy atom. The predicted molar refractivity (Wildman–Crippen MR) is 70.5 cm³/mol. The molecule has 4 heteroatoms. The summed E-state index contributed by atoms with van der Waals surface area (Å²) in [6.45, 7) is 1.98. The second-order valence-corrected chi connectivity index (χ2v) is 4.75. The first-order chi connectivity index (χ1) is 8.19. The summed E-state index contributed by atoms with van der Waals surface area (Å²) in [6.07, 6.45) is 1.82. The Morgan fingerprint density at radius 3 is 2.82 bits per heavy atom. The van der Waals surface area contributed by atoms with E-state index in [0.717, 1.165) is 21.2 Å². The molecule has 0 atom stereocenters. The normalized spacial score (nSPS) is 10.2. The van der Waals surface area contributed by atoms with Gasteiger partial charge in [-0.15, -0.1) is 0 Å². The van der Waals surface area contributed by atoms with E-state index in [1.54, 1.807) is 7.11 Å². The fraction of sp³-hybridized carbons (Fsp3) is 0.154. The van der Waals surface area contributed by atoms with E-state index in [1.807, 2.05) is 43.5 Å². The van der Waals surface area contributed by atoms with Crippen molar-refractivity contribution in [3.05, 3.63) is 42.1 Å². The van der Waals surface area contributed by atoms with E-state index in [9.17, 15) is 0 Å². The zero-order valence-corrected chi connectivity index (χ0v) is 10.6. The lowest BCUT2D eigenvalue weighted by Gasteiger charge is -2.06. The molecule has 17 heavy (non-hydrogen) atoms. The van der Waals surface area contributed by atoms with Gasteiger partial charge in [0.25, 0.3) is 0 Å². The average molecular weight is 246 g/mol. The molecule has 1 heterocycles. The van der Waals surface area contributed by atoms with E-state index in [0.29, 0.717) is 5.69 Å².